The van der Waals surface area contributed by atoms with Crippen molar-refractivity contribution in [2.24, 2.45) is 5.41 Å². The average molecular weight is 410 g/mol. The van der Waals surface area contributed by atoms with Crippen LogP contribution in [0.1, 0.15) is 35.7 Å². The van der Waals surface area contributed by atoms with Crippen molar-refractivity contribution in [3.63, 3.8) is 0 Å². The summed E-state index contributed by atoms with van der Waals surface area (Å²) in [6.45, 7) is 3.72. The van der Waals surface area contributed by atoms with Gasteiger partial charge in [0.25, 0.3) is 5.91 Å². The molecule has 0 spiro atoms. The Bertz CT molecular complexity index is 950. The number of piperidine rings is 1. The van der Waals surface area contributed by atoms with E-state index in [9.17, 15) is 9.59 Å². The number of carbonyl (C=O) groups is 2. The van der Waals surface area contributed by atoms with Crippen LogP contribution < -0.4 is 19.5 Å². The largest absolute Gasteiger partial charge is 0.497 e. The van der Waals surface area contributed by atoms with Crippen LogP contribution in [0.2, 0.25) is 0 Å². The molecule has 1 fully saturated rings. The van der Waals surface area contributed by atoms with Gasteiger partial charge in [0.05, 0.1) is 7.11 Å². The topological polar surface area (TPSA) is 77.1 Å². The Morgan fingerprint density at radius 1 is 1.10 bits per heavy atom. The number of hydrogen-bond donors (Lipinski definition) is 1. The van der Waals surface area contributed by atoms with E-state index < -0.39 is 5.41 Å². The van der Waals surface area contributed by atoms with Crippen LogP contribution in [0.3, 0.4) is 0 Å². The van der Waals surface area contributed by atoms with Gasteiger partial charge in [-0.1, -0.05) is 19.1 Å². The maximum atomic E-state index is 12.9. The molecule has 1 saturated heterocycles. The third-order valence-electron chi connectivity index (χ3n) is 5.91. The Kier molecular flexibility index (Phi) is 5.53. The summed E-state index contributed by atoms with van der Waals surface area (Å²) in [6, 6.07) is 12.8. The van der Waals surface area contributed by atoms with Crippen molar-refractivity contribution >= 4 is 11.8 Å². The van der Waals surface area contributed by atoms with Crippen LogP contribution in [-0.2, 0) is 11.3 Å². The van der Waals surface area contributed by atoms with E-state index in [1.54, 1.807) is 19.2 Å². The van der Waals surface area contributed by atoms with E-state index in [1.165, 1.54) is 0 Å². The molecule has 0 aromatic heterocycles. The van der Waals surface area contributed by atoms with Gasteiger partial charge < -0.3 is 24.4 Å². The fraction of sp³-hybridized carbons (Fsp3) is 0.391. The lowest BCUT2D eigenvalue weighted by atomic mass is 9.79. The number of rotatable bonds is 5. The number of ether oxygens (including phenoxy) is 3. The molecule has 0 saturated carbocycles. The fourth-order valence-corrected chi connectivity index (χ4v) is 3.82. The summed E-state index contributed by atoms with van der Waals surface area (Å²) in [5.74, 6) is 2.07. The molecule has 2 aliphatic heterocycles. The number of nitrogens with zero attached hydrogens (tertiary/aromatic N) is 1. The van der Waals surface area contributed by atoms with Crippen LogP contribution in [0.5, 0.6) is 17.2 Å². The van der Waals surface area contributed by atoms with Crippen molar-refractivity contribution in [1.29, 1.82) is 0 Å². The highest BCUT2D eigenvalue weighted by Gasteiger charge is 2.38. The van der Waals surface area contributed by atoms with Gasteiger partial charge in [0.2, 0.25) is 12.7 Å². The zero-order valence-electron chi connectivity index (χ0n) is 17.3. The third-order valence-corrected chi connectivity index (χ3v) is 5.91. The van der Waals surface area contributed by atoms with Crippen molar-refractivity contribution in [3.05, 3.63) is 53.6 Å². The molecule has 1 N–H and O–H groups in total. The first-order valence-electron chi connectivity index (χ1n) is 10.1. The van der Waals surface area contributed by atoms with Crippen molar-refractivity contribution < 1.29 is 23.8 Å². The number of nitrogens with one attached hydrogen (secondary N) is 1. The molecule has 0 radical (unpaired) electrons. The zero-order valence-corrected chi connectivity index (χ0v) is 17.3. The minimum Gasteiger partial charge on any atom is -0.497 e. The van der Waals surface area contributed by atoms with E-state index in [-0.39, 0.29) is 18.6 Å². The molecule has 0 unspecified atom stereocenters. The highest BCUT2D eigenvalue weighted by Crippen LogP contribution is 2.34. The normalized spacial score (nSPS) is 16.8. The number of carbonyl (C=O) groups excluding carboxylic acids is 2. The first-order valence-corrected chi connectivity index (χ1v) is 10.1. The second kappa shape index (κ2) is 8.26. The lowest BCUT2D eigenvalue weighted by Gasteiger charge is -2.38. The summed E-state index contributed by atoms with van der Waals surface area (Å²) < 4.78 is 15.9. The minimum absolute atomic E-state index is 0.00801. The van der Waals surface area contributed by atoms with Crippen molar-refractivity contribution in [3.8, 4) is 17.2 Å². The predicted molar refractivity (Wildman–Crippen MR) is 111 cm³/mol. The van der Waals surface area contributed by atoms with Crippen LogP contribution in [0, 0.1) is 5.41 Å². The predicted octanol–water partition coefficient (Wildman–Crippen LogP) is 2.98. The molecule has 0 atom stereocenters. The summed E-state index contributed by atoms with van der Waals surface area (Å²) in [6.07, 6.45) is 1.24. The summed E-state index contributed by atoms with van der Waals surface area (Å²) in [5, 5.41) is 3.04. The van der Waals surface area contributed by atoms with Gasteiger partial charge in [-0.2, -0.15) is 0 Å². The Hall–Kier alpha value is -3.22. The van der Waals surface area contributed by atoms with E-state index in [0.29, 0.717) is 49.5 Å². The monoisotopic (exact) mass is 410 g/mol. The van der Waals surface area contributed by atoms with Crippen LogP contribution >= 0.6 is 0 Å². The molecule has 0 aliphatic carbocycles. The highest BCUT2D eigenvalue weighted by atomic mass is 16.7. The SMILES string of the molecule is COc1cccc(C(=O)N2CCC(C)(C(=O)NCc3ccc4c(c3)OCO4)CC2)c1. The molecule has 0 bridgehead atoms. The van der Waals surface area contributed by atoms with E-state index >= 15 is 0 Å². The van der Waals surface area contributed by atoms with Gasteiger partial charge in [0.15, 0.2) is 11.5 Å². The van der Waals surface area contributed by atoms with Gasteiger partial charge in [0, 0.05) is 30.6 Å². The molecule has 2 heterocycles. The first-order chi connectivity index (χ1) is 14.5. The number of hydrogen-bond acceptors (Lipinski definition) is 5. The van der Waals surface area contributed by atoms with Gasteiger partial charge in [0.1, 0.15) is 5.75 Å². The maximum Gasteiger partial charge on any atom is 0.253 e. The van der Waals surface area contributed by atoms with Gasteiger partial charge in [-0.25, -0.2) is 0 Å². The molecule has 2 aromatic carbocycles. The highest BCUT2D eigenvalue weighted by molar-refractivity contribution is 5.95. The molecule has 2 amide bonds. The van der Waals surface area contributed by atoms with E-state index in [1.807, 2.05) is 42.2 Å². The Labute approximate surface area is 175 Å². The fourth-order valence-electron chi connectivity index (χ4n) is 3.82. The quantitative estimate of drug-likeness (QED) is 0.820. The number of benzene rings is 2. The van der Waals surface area contributed by atoms with E-state index in [0.717, 1.165) is 11.3 Å². The van der Waals surface area contributed by atoms with E-state index in [4.69, 9.17) is 14.2 Å². The number of fused-ring (bicyclic) bond motifs is 1. The Morgan fingerprint density at radius 2 is 1.87 bits per heavy atom. The number of likely N-dealkylation sites (tertiary alicyclic amines) is 1. The van der Waals surface area contributed by atoms with E-state index in [2.05, 4.69) is 5.32 Å². The van der Waals surface area contributed by atoms with Crippen LogP contribution in [0.15, 0.2) is 42.5 Å². The molecule has 158 valence electrons. The Morgan fingerprint density at radius 3 is 2.63 bits per heavy atom. The second-order valence-electron chi connectivity index (χ2n) is 7.96. The first kappa shape index (κ1) is 20.1. The molecule has 30 heavy (non-hydrogen) atoms. The Balaban J connectivity index is 1.32. The molecule has 7 nitrogen and oxygen atoms in total. The van der Waals surface area contributed by atoms with Crippen LogP contribution in [-0.4, -0.2) is 43.7 Å². The minimum atomic E-state index is -0.499. The maximum absolute atomic E-state index is 12.9. The summed E-state index contributed by atoms with van der Waals surface area (Å²) >= 11 is 0. The van der Waals surface area contributed by atoms with Gasteiger partial charge in [-0.05, 0) is 48.7 Å². The number of methoxy groups -OCH3 is 1. The summed E-state index contributed by atoms with van der Waals surface area (Å²) in [4.78, 5) is 27.5. The van der Waals surface area contributed by atoms with Gasteiger partial charge in [-0.3, -0.25) is 9.59 Å². The summed E-state index contributed by atoms with van der Waals surface area (Å²) in [5.41, 5.74) is 1.06. The average Bonchev–Trinajstić information content (AvgIpc) is 3.25. The van der Waals surface area contributed by atoms with Crippen LogP contribution in [0.25, 0.3) is 0 Å². The third kappa shape index (κ3) is 4.06. The smallest absolute Gasteiger partial charge is 0.253 e. The molecular formula is C23H26N2O5. The molecular weight excluding hydrogens is 384 g/mol. The summed E-state index contributed by atoms with van der Waals surface area (Å²) in [7, 11) is 1.58. The molecule has 7 heteroatoms. The molecule has 2 aromatic rings. The number of amides is 2. The van der Waals surface area contributed by atoms with Crippen LogP contribution in [0.4, 0.5) is 0 Å². The molecule has 4 rings (SSSR count). The van der Waals surface area contributed by atoms with Gasteiger partial charge >= 0.3 is 0 Å². The lowest BCUT2D eigenvalue weighted by Crippen LogP contribution is -2.48. The molecule has 2 aliphatic rings. The zero-order chi connectivity index (χ0) is 21.1. The van der Waals surface area contributed by atoms with Crippen molar-refractivity contribution in [2.75, 3.05) is 27.0 Å². The van der Waals surface area contributed by atoms with Crippen molar-refractivity contribution in [2.45, 2.75) is 26.3 Å². The standard InChI is InChI=1S/C23H26N2O5/c1-23(22(27)24-14-16-6-7-19-20(12-16)30-15-29-19)8-10-25(11-9-23)21(26)17-4-3-5-18(13-17)28-2/h3-7,12-13H,8-11,14-15H2,1-2H3,(H,24,27). The van der Waals surface area contributed by atoms with Crippen molar-refractivity contribution in [1.82, 2.24) is 10.2 Å². The second-order valence-corrected chi connectivity index (χ2v) is 7.96. The lowest BCUT2D eigenvalue weighted by molar-refractivity contribution is -0.132. The van der Waals surface area contributed by atoms with Gasteiger partial charge in [-0.15, -0.1) is 0 Å².